The van der Waals surface area contributed by atoms with E-state index < -0.39 is 0 Å². The van der Waals surface area contributed by atoms with E-state index in [2.05, 4.69) is 0 Å². The van der Waals surface area contributed by atoms with Crippen LogP contribution in [0.15, 0.2) is 0 Å². The van der Waals surface area contributed by atoms with Crippen LogP contribution in [-0.2, 0) is 0 Å². The molecule has 0 unspecified atom stereocenters. The molecule has 13 heavy (non-hydrogen) atoms. The van der Waals surface area contributed by atoms with Crippen molar-refractivity contribution in [3.63, 3.8) is 0 Å². The predicted molar refractivity (Wildman–Crippen MR) is 49.0 cm³/mol. The number of aliphatic hydroxyl groups excluding tert-OH is 2. The Kier molecular flexibility index (Phi) is 1.72. The zero-order valence-corrected chi connectivity index (χ0v) is 7.89. The summed E-state index contributed by atoms with van der Waals surface area (Å²) in [5.74, 6) is 4.85. The molecule has 0 saturated heterocycles. The van der Waals surface area contributed by atoms with E-state index in [0.29, 0.717) is 25.0 Å². The molecular weight excluding hydrogens is 164 g/mol. The summed E-state index contributed by atoms with van der Waals surface area (Å²) < 4.78 is 0. The first-order valence-electron chi connectivity index (χ1n) is 5.57. The van der Waals surface area contributed by atoms with Crippen molar-refractivity contribution in [3.8, 4) is 0 Å². The van der Waals surface area contributed by atoms with Gasteiger partial charge in [-0.05, 0) is 54.8 Å². The highest BCUT2D eigenvalue weighted by molar-refractivity contribution is 5.08. The van der Waals surface area contributed by atoms with E-state index in [1.54, 1.807) is 0 Å². The Morgan fingerprint density at radius 1 is 0.692 bits per heavy atom. The fourth-order valence-electron chi connectivity index (χ4n) is 3.23. The third-order valence-electron chi connectivity index (χ3n) is 4.41. The van der Waals surface area contributed by atoms with Crippen molar-refractivity contribution < 1.29 is 10.2 Å². The van der Waals surface area contributed by atoms with Crippen LogP contribution in [-0.4, -0.2) is 23.4 Å². The molecule has 0 aromatic carbocycles. The first-order valence-corrected chi connectivity index (χ1v) is 5.57. The average molecular weight is 182 g/mol. The van der Waals surface area contributed by atoms with Gasteiger partial charge in [0.15, 0.2) is 0 Å². The minimum absolute atomic E-state index is 0.405. The molecule has 3 aliphatic rings. The van der Waals surface area contributed by atoms with Crippen molar-refractivity contribution in [2.45, 2.75) is 19.3 Å². The number of hydrogen-bond donors (Lipinski definition) is 2. The van der Waals surface area contributed by atoms with Crippen molar-refractivity contribution in [3.05, 3.63) is 0 Å². The lowest BCUT2D eigenvalue weighted by molar-refractivity contribution is 0.259. The molecule has 2 nitrogen and oxygen atoms in total. The van der Waals surface area contributed by atoms with Gasteiger partial charge >= 0.3 is 0 Å². The van der Waals surface area contributed by atoms with Crippen molar-refractivity contribution in [1.29, 1.82) is 0 Å². The number of hydrogen-bond acceptors (Lipinski definition) is 2. The summed E-state index contributed by atoms with van der Waals surface area (Å²) in [5.41, 5.74) is 0. The molecule has 0 radical (unpaired) electrons. The van der Waals surface area contributed by atoms with Gasteiger partial charge in [0.05, 0.1) is 0 Å². The maximum Gasteiger partial charge on any atom is 0.0462 e. The summed E-state index contributed by atoms with van der Waals surface area (Å²) in [5, 5.41) is 17.9. The van der Waals surface area contributed by atoms with Crippen LogP contribution in [0.5, 0.6) is 0 Å². The molecule has 0 bridgehead atoms. The van der Waals surface area contributed by atoms with Crippen LogP contribution in [0.1, 0.15) is 19.3 Å². The van der Waals surface area contributed by atoms with Gasteiger partial charge in [0.25, 0.3) is 0 Å². The monoisotopic (exact) mass is 182 g/mol. The van der Waals surface area contributed by atoms with Crippen LogP contribution in [0.4, 0.5) is 0 Å². The topological polar surface area (TPSA) is 40.5 Å². The largest absolute Gasteiger partial charge is 0.396 e. The minimum Gasteiger partial charge on any atom is -0.396 e. The summed E-state index contributed by atoms with van der Waals surface area (Å²) in [7, 11) is 0. The van der Waals surface area contributed by atoms with Crippen molar-refractivity contribution >= 4 is 0 Å². The van der Waals surface area contributed by atoms with Gasteiger partial charge in [-0.25, -0.2) is 0 Å². The van der Waals surface area contributed by atoms with E-state index >= 15 is 0 Å². The molecule has 74 valence electrons. The number of aliphatic hydroxyl groups is 2. The van der Waals surface area contributed by atoms with Crippen molar-refractivity contribution in [2.75, 3.05) is 13.2 Å². The fourth-order valence-corrected chi connectivity index (χ4v) is 3.23. The number of rotatable bonds is 4. The summed E-state index contributed by atoms with van der Waals surface area (Å²) in [6.07, 6.45) is 3.94. The van der Waals surface area contributed by atoms with E-state index in [1.807, 2.05) is 0 Å². The van der Waals surface area contributed by atoms with Crippen LogP contribution < -0.4 is 0 Å². The maximum atomic E-state index is 8.95. The third-order valence-corrected chi connectivity index (χ3v) is 4.41. The van der Waals surface area contributed by atoms with Crippen molar-refractivity contribution in [1.82, 2.24) is 0 Å². The Bertz CT molecular complexity index is 194. The highest BCUT2D eigenvalue weighted by Crippen LogP contribution is 2.65. The van der Waals surface area contributed by atoms with E-state index in [0.717, 1.165) is 23.7 Å². The molecule has 3 aliphatic carbocycles. The zero-order chi connectivity index (χ0) is 9.00. The molecule has 0 aromatic rings. The highest BCUT2D eigenvalue weighted by atomic mass is 16.3. The second kappa shape index (κ2) is 2.71. The van der Waals surface area contributed by atoms with Gasteiger partial charge in [0.1, 0.15) is 0 Å². The minimum atomic E-state index is 0.405. The van der Waals surface area contributed by atoms with Crippen molar-refractivity contribution in [2.24, 2.45) is 35.5 Å². The molecule has 3 rings (SSSR count). The van der Waals surface area contributed by atoms with Crippen LogP contribution in [0.3, 0.4) is 0 Å². The molecule has 2 N–H and O–H groups in total. The molecule has 6 atom stereocenters. The van der Waals surface area contributed by atoms with E-state index in [-0.39, 0.29) is 0 Å². The predicted octanol–water partition coefficient (Wildman–Crippen LogP) is 0.879. The lowest BCUT2D eigenvalue weighted by atomic mass is 10.1. The van der Waals surface area contributed by atoms with Gasteiger partial charge in [-0.3, -0.25) is 0 Å². The average Bonchev–Trinajstić information content (AvgIpc) is 2.95. The lowest BCUT2D eigenvalue weighted by Crippen LogP contribution is -1.96. The molecular formula is C11H18O2. The zero-order valence-electron chi connectivity index (χ0n) is 7.89. The van der Waals surface area contributed by atoms with Gasteiger partial charge in [0.2, 0.25) is 0 Å². The van der Waals surface area contributed by atoms with Gasteiger partial charge in [-0.1, -0.05) is 0 Å². The lowest BCUT2D eigenvalue weighted by Gasteiger charge is -1.96. The molecule has 2 heteroatoms. The molecule has 0 amide bonds. The van der Waals surface area contributed by atoms with E-state index in [4.69, 9.17) is 10.2 Å². The Morgan fingerprint density at radius 3 is 1.46 bits per heavy atom. The highest BCUT2D eigenvalue weighted by Gasteiger charge is 2.59. The van der Waals surface area contributed by atoms with Crippen LogP contribution in [0, 0.1) is 35.5 Å². The molecule has 0 spiro atoms. The summed E-state index contributed by atoms with van der Waals surface area (Å²) in [6.45, 7) is 0.809. The smallest absolute Gasteiger partial charge is 0.0462 e. The van der Waals surface area contributed by atoms with Crippen LogP contribution >= 0.6 is 0 Å². The summed E-state index contributed by atoms with van der Waals surface area (Å²) in [4.78, 5) is 0. The SMILES string of the molecule is OC[C@@H]1C[C@H]1[C@H]1C[C@@H]1[C@@H]1C[C@H]1CO. The van der Waals surface area contributed by atoms with E-state index in [1.165, 1.54) is 19.3 Å². The fraction of sp³-hybridized carbons (Fsp3) is 1.00. The Labute approximate surface area is 79.0 Å². The maximum absolute atomic E-state index is 8.95. The first kappa shape index (κ1) is 8.25. The Hall–Kier alpha value is -0.0800. The Balaban J connectivity index is 1.47. The molecule has 0 aliphatic heterocycles. The molecule has 0 aromatic heterocycles. The van der Waals surface area contributed by atoms with Gasteiger partial charge < -0.3 is 10.2 Å². The van der Waals surface area contributed by atoms with Crippen LogP contribution in [0.25, 0.3) is 0 Å². The summed E-state index contributed by atoms with van der Waals surface area (Å²) >= 11 is 0. The molecule has 3 saturated carbocycles. The first-order chi connectivity index (χ1) is 6.35. The third kappa shape index (κ3) is 1.31. The molecule has 3 fully saturated rings. The van der Waals surface area contributed by atoms with Gasteiger partial charge in [-0.2, -0.15) is 0 Å². The summed E-state index contributed by atoms with van der Waals surface area (Å²) in [6, 6.07) is 0. The second-order valence-electron chi connectivity index (χ2n) is 5.25. The molecule has 0 heterocycles. The van der Waals surface area contributed by atoms with Crippen LogP contribution in [0.2, 0.25) is 0 Å². The second-order valence-corrected chi connectivity index (χ2v) is 5.25. The quantitative estimate of drug-likeness (QED) is 0.677. The Morgan fingerprint density at radius 2 is 1.15 bits per heavy atom. The van der Waals surface area contributed by atoms with Gasteiger partial charge in [0, 0.05) is 13.2 Å². The van der Waals surface area contributed by atoms with Gasteiger partial charge in [-0.15, -0.1) is 0 Å². The van der Waals surface area contributed by atoms with E-state index in [9.17, 15) is 0 Å². The normalized spacial score (nSPS) is 57.7. The standard InChI is InChI=1S/C11H18O2/c12-4-6-1-8(6)10-3-11(10)9-2-7(9)5-13/h6-13H,1-5H2/t6-,7-,8+,9+,10+,11+/m0/s1.